The van der Waals surface area contributed by atoms with Crippen molar-refractivity contribution in [1.29, 1.82) is 0 Å². The van der Waals surface area contributed by atoms with E-state index >= 15 is 0 Å². The van der Waals surface area contributed by atoms with Crippen LogP contribution in [0.25, 0.3) is 5.82 Å². The molecule has 0 atom stereocenters. The Morgan fingerprint density at radius 1 is 1.19 bits per heavy atom. The highest BCUT2D eigenvalue weighted by Gasteiger charge is 2.27. The van der Waals surface area contributed by atoms with Crippen LogP contribution < -0.4 is 11.2 Å². The Balaban J connectivity index is 1.29. The van der Waals surface area contributed by atoms with Crippen molar-refractivity contribution in [1.82, 2.24) is 35.6 Å². The number of rotatable bonds is 8. The summed E-state index contributed by atoms with van der Waals surface area (Å²) >= 11 is 0. The number of nitrogens with one attached hydrogen (secondary N) is 1. The second-order valence-corrected chi connectivity index (χ2v) is 8.83. The summed E-state index contributed by atoms with van der Waals surface area (Å²) in [7, 11) is 0. The molecule has 0 saturated carbocycles. The number of hydrazone groups is 1. The highest BCUT2D eigenvalue weighted by molar-refractivity contribution is 5.94. The average molecular weight is 490 g/mol. The van der Waals surface area contributed by atoms with Gasteiger partial charge in [-0.3, -0.25) is 9.69 Å². The van der Waals surface area contributed by atoms with Crippen LogP contribution in [-0.4, -0.2) is 55.4 Å². The first kappa shape index (κ1) is 23.4. The van der Waals surface area contributed by atoms with Crippen LogP contribution in [0.4, 0.5) is 5.82 Å². The van der Waals surface area contributed by atoms with Crippen molar-refractivity contribution in [2.75, 3.05) is 18.8 Å². The fourth-order valence-corrected chi connectivity index (χ4v) is 4.37. The third-order valence-electron chi connectivity index (χ3n) is 6.24. The highest BCUT2D eigenvalue weighted by atomic mass is 16.6. The molecule has 1 fully saturated rings. The van der Waals surface area contributed by atoms with Crippen LogP contribution >= 0.6 is 0 Å². The molecule has 0 unspecified atom stereocenters. The number of furan rings is 1. The van der Waals surface area contributed by atoms with Gasteiger partial charge in [-0.2, -0.15) is 9.78 Å². The number of nitrogen functional groups attached to an aromatic ring is 1. The Morgan fingerprint density at radius 3 is 2.69 bits per heavy atom. The van der Waals surface area contributed by atoms with E-state index in [-0.39, 0.29) is 17.3 Å². The Hall–Kier alpha value is -4.32. The van der Waals surface area contributed by atoms with Gasteiger partial charge in [0, 0.05) is 6.54 Å². The van der Waals surface area contributed by atoms with E-state index < -0.39 is 5.91 Å². The topological polar surface area (TPSA) is 153 Å². The number of aryl methyl sites for hydroxylation is 1. The van der Waals surface area contributed by atoms with Gasteiger partial charge in [0.1, 0.15) is 11.5 Å². The third-order valence-corrected chi connectivity index (χ3v) is 6.24. The van der Waals surface area contributed by atoms with Crippen LogP contribution in [0, 0.1) is 12.8 Å². The Morgan fingerprint density at radius 2 is 2.00 bits per heavy atom. The third kappa shape index (κ3) is 5.33. The van der Waals surface area contributed by atoms with Crippen molar-refractivity contribution in [2.24, 2.45) is 11.0 Å². The summed E-state index contributed by atoms with van der Waals surface area (Å²) in [5, 5.41) is 19.6. The van der Waals surface area contributed by atoms with E-state index in [9.17, 15) is 4.79 Å². The first-order valence-electron chi connectivity index (χ1n) is 11.8. The normalized spacial score (nSPS) is 15.0. The van der Waals surface area contributed by atoms with Crippen molar-refractivity contribution in [3.63, 3.8) is 0 Å². The van der Waals surface area contributed by atoms with E-state index in [1.165, 1.54) is 16.5 Å². The summed E-state index contributed by atoms with van der Waals surface area (Å²) in [6.45, 7) is 4.02. The summed E-state index contributed by atoms with van der Waals surface area (Å²) in [5.74, 6) is 1.62. The molecule has 0 radical (unpaired) electrons. The predicted molar refractivity (Wildman–Crippen MR) is 130 cm³/mol. The van der Waals surface area contributed by atoms with E-state index in [0.717, 1.165) is 38.1 Å². The average Bonchev–Trinajstić information content (AvgIpc) is 3.61. The van der Waals surface area contributed by atoms with Crippen molar-refractivity contribution >= 4 is 17.9 Å². The first-order valence-corrected chi connectivity index (χ1v) is 11.8. The lowest BCUT2D eigenvalue weighted by Crippen LogP contribution is -2.35. The highest BCUT2D eigenvalue weighted by Crippen LogP contribution is 2.24. The molecule has 1 amide bonds. The molecule has 12 nitrogen and oxygen atoms in total. The quantitative estimate of drug-likeness (QED) is 0.280. The Bertz CT molecular complexity index is 1330. The van der Waals surface area contributed by atoms with E-state index in [4.69, 9.17) is 14.8 Å². The number of nitrogens with zero attached hydrogens (tertiary/aromatic N) is 7. The van der Waals surface area contributed by atoms with E-state index in [1.54, 1.807) is 6.07 Å². The minimum atomic E-state index is -0.509. The molecule has 12 heteroatoms. The lowest BCUT2D eigenvalue weighted by Gasteiger charge is -2.32. The van der Waals surface area contributed by atoms with Gasteiger partial charge in [-0.1, -0.05) is 35.5 Å². The number of carbonyl (C=O) groups is 1. The number of hydrogen-bond donors (Lipinski definition) is 2. The number of amides is 1. The smallest absolute Gasteiger partial charge is 0.293 e. The number of anilines is 1. The Labute approximate surface area is 207 Å². The van der Waals surface area contributed by atoms with Gasteiger partial charge in [-0.15, -0.1) is 5.10 Å². The Kier molecular flexibility index (Phi) is 6.85. The molecule has 0 bridgehead atoms. The molecule has 4 aromatic rings. The molecule has 1 aliphatic heterocycles. The molecule has 3 N–H and O–H groups in total. The van der Waals surface area contributed by atoms with Gasteiger partial charge in [-0.25, -0.2) is 10.1 Å². The number of carbonyl (C=O) groups excluding carboxylic acids is 1. The van der Waals surface area contributed by atoms with Crippen LogP contribution in [0.15, 0.2) is 56.6 Å². The summed E-state index contributed by atoms with van der Waals surface area (Å²) in [4.78, 5) is 15.2. The number of piperidine rings is 1. The van der Waals surface area contributed by atoms with Crippen molar-refractivity contribution < 1.29 is 13.8 Å². The van der Waals surface area contributed by atoms with E-state index in [2.05, 4.69) is 60.3 Å². The van der Waals surface area contributed by atoms with Crippen molar-refractivity contribution in [3.8, 4) is 5.82 Å². The zero-order valence-corrected chi connectivity index (χ0v) is 19.9. The van der Waals surface area contributed by atoms with Crippen LogP contribution in [0.3, 0.4) is 0 Å². The largest absolute Gasteiger partial charge is 0.460 e. The second kappa shape index (κ2) is 10.5. The second-order valence-electron chi connectivity index (χ2n) is 8.83. The van der Waals surface area contributed by atoms with Gasteiger partial charge in [-0.05, 0) is 73.2 Å². The number of hydrogen-bond acceptors (Lipinski definition) is 10. The molecule has 1 aromatic carbocycles. The van der Waals surface area contributed by atoms with Gasteiger partial charge in [0.15, 0.2) is 5.69 Å². The maximum atomic E-state index is 12.9. The number of aromatic nitrogens is 5. The van der Waals surface area contributed by atoms with E-state index in [0.29, 0.717) is 23.9 Å². The fraction of sp³-hybridized carbons (Fsp3) is 0.333. The molecule has 5 rings (SSSR count). The van der Waals surface area contributed by atoms with Crippen molar-refractivity contribution in [3.05, 3.63) is 70.9 Å². The van der Waals surface area contributed by atoms with Crippen LogP contribution in [-0.2, 0) is 13.0 Å². The minimum absolute atomic E-state index is 0.0564. The fourth-order valence-electron chi connectivity index (χ4n) is 4.37. The molecule has 0 spiro atoms. The van der Waals surface area contributed by atoms with Gasteiger partial charge in [0.25, 0.3) is 5.91 Å². The summed E-state index contributed by atoms with van der Waals surface area (Å²) < 4.78 is 11.6. The lowest BCUT2D eigenvalue weighted by atomic mass is 9.90. The molecule has 3 aromatic heterocycles. The number of likely N-dealkylation sites (tertiary alicyclic amines) is 1. The number of nitrogens with two attached hydrogens (primary N) is 1. The molecule has 4 heterocycles. The molecule has 186 valence electrons. The van der Waals surface area contributed by atoms with Crippen LogP contribution in [0.2, 0.25) is 0 Å². The SMILES string of the molecule is Cc1ccc(C=NNC(=O)c2nnn(-c3nonc3N)c2CN2CCC(Cc3ccccc3)CC2)o1. The van der Waals surface area contributed by atoms with Gasteiger partial charge in [0.05, 0.1) is 11.9 Å². The lowest BCUT2D eigenvalue weighted by molar-refractivity contribution is 0.0946. The van der Waals surface area contributed by atoms with Gasteiger partial charge in [0.2, 0.25) is 11.6 Å². The molecular weight excluding hydrogens is 462 g/mol. The number of benzene rings is 1. The van der Waals surface area contributed by atoms with E-state index in [1.807, 2.05) is 19.1 Å². The molecule has 1 aliphatic rings. The minimum Gasteiger partial charge on any atom is -0.460 e. The maximum absolute atomic E-state index is 12.9. The monoisotopic (exact) mass is 489 g/mol. The summed E-state index contributed by atoms with van der Waals surface area (Å²) in [6.07, 6.45) is 4.60. The summed E-state index contributed by atoms with van der Waals surface area (Å²) in [6, 6.07) is 14.1. The maximum Gasteiger partial charge on any atom is 0.293 e. The van der Waals surface area contributed by atoms with Crippen molar-refractivity contribution in [2.45, 2.75) is 32.7 Å². The standard InChI is InChI=1S/C24H27N9O3/c1-16-7-8-19(35-16)14-26-28-24(34)21-20(33(31-27-21)23-22(25)29-36-30-23)15-32-11-9-18(10-12-32)13-17-5-3-2-4-6-17/h2-8,14,18H,9-13,15H2,1H3,(H2,25,29)(H,28,34). The first-order chi connectivity index (χ1) is 17.6. The predicted octanol–water partition coefficient (Wildman–Crippen LogP) is 2.35. The zero-order valence-electron chi connectivity index (χ0n) is 19.9. The molecular formula is C24H27N9O3. The van der Waals surface area contributed by atoms with Gasteiger partial charge < -0.3 is 10.2 Å². The molecule has 36 heavy (non-hydrogen) atoms. The van der Waals surface area contributed by atoms with Crippen LogP contribution in [0.5, 0.6) is 0 Å². The zero-order chi connectivity index (χ0) is 24.9. The summed E-state index contributed by atoms with van der Waals surface area (Å²) in [5.41, 5.74) is 10.4. The van der Waals surface area contributed by atoms with Crippen LogP contribution in [0.1, 0.15) is 46.1 Å². The molecule has 1 saturated heterocycles. The van der Waals surface area contributed by atoms with Gasteiger partial charge >= 0.3 is 0 Å². The molecule has 0 aliphatic carbocycles.